The van der Waals surface area contributed by atoms with E-state index in [1.54, 1.807) is 19.1 Å². The molecule has 3 rings (SSSR count). The summed E-state index contributed by atoms with van der Waals surface area (Å²) in [5.74, 6) is -0.860. The standard InChI is InChI=1S/C23H24N2O3/c1-16-14-21(17(2)25(16)15-19-10-6-4-7-11-19)23(27)28-18(3)22(26)24-20-12-8-5-9-13-20/h4-14,18H,15H2,1-3H3,(H,24,26). The second-order valence-corrected chi connectivity index (χ2v) is 6.76. The van der Waals surface area contributed by atoms with Gasteiger partial charge in [-0.3, -0.25) is 4.79 Å². The van der Waals surface area contributed by atoms with Crippen molar-refractivity contribution in [2.45, 2.75) is 33.4 Å². The summed E-state index contributed by atoms with van der Waals surface area (Å²) in [4.78, 5) is 24.9. The lowest BCUT2D eigenvalue weighted by atomic mass is 10.2. The first kappa shape index (κ1) is 19.4. The average Bonchev–Trinajstić information content (AvgIpc) is 2.98. The number of carbonyl (C=O) groups excluding carboxylic acids is 2. The van der Waals surface area contributed by atoms with Crippen molar-refractivity contribution in [2.75, 3.05) is 5.32 Å². The maximum absolute atomic E-state index is 12.6. The highest BCUT2D eigenvalue weighted by molar-refractivity contribution is 5.97. The van der Waals surface area contributed by atoms with Gasteiger partial charge in [-0.15, -0.1) is 0 Å². The van der Waals surface area contributed by atoms with Gasteiger partial charge in [0.15, 0.2) is 6.10 Å². The Hall–Kier alpha value is -3.34. The predicted octanol–water partition coefficient (Wildman–Crippen LogP) is 4.34. The lowest BCUT2D eigenvalue weighted by Gasteiger charge is -2.14. The van der Waals surface area contributed by atoms with Crippen molar-refractivity contribution in [3.63, 3.8) is 0 Å². The maximum Gasteiger partial charge on any atom is 0.340 e. The summed E-state index contributed by atoms with van der Waals surface area (Å²) in [6.07, 6.45) is -0.898. The van der Waals surface area contributed by atoms with E-state index in [1.165, 1.54) is 0 Å². The molecular weight excluding hydrogens is 352 g/mol. The van der Waals surface area contributed by atoms with Crippen LogP contribution < -0.4 is 5.32 Å². The van der Waals surface area contributed by atoms with Crippen molar-refractivity contribution in [1.29, 1.82) is 0 Å². The number of rotatable bonds is 6. The Labute approximate surface area is 165 Å². The summed E-state index contributed by atoms with van der Waals surface area (Å²) >= 11 is 0. The smallest absolute Gasteiger partial charge is 0.340 e. The molecule has 0 spiro atoms. The molecule has 1 aromatic heterocycles. The van der Waals surface area contributed by atoms with Crippen LogP contribution in [-0.4, -0.2) is 22.5 Å². The van der Waals surface area contributed by atoms with Crippen LogP contribution in [0.3, 0.4) is 0 Å². The molecule has 0 aliphatic carbocycles. The third-order valence-electron chi connectivity index (χ3n) is 4.67. The number of nitrogens with zero attached hydrogens (tertiary/aromatic N) is 1. The van der Waals surface area contributed by atoms with Gasteiger partial charge in [0, 0.05) is 23.6 Å². The molecule has 28 heavy (non-hydrogen) atoms. The number of aryl methyl sites for hydroxylation is 1. The van der Waals surface area contributed by atoms with E-state index in [4.69, 9.17) is 4.74 Å². The molecule has 5 heteroatoms. The summed E-state index contributed by atoms with van der Waals surface area (Å²) in [5.41, 5.74) is 4.08. The van der Waals surface area contributed by atoms with Gasteiger partial charge in [-0.25, -0.2) is 4.79 Å². The van der Waals surface area contributed by atoms with Crippen LogP contribution in [0.4, 0.5) is 5.69 Å². The molecule has 1 N–H and O–H groups in total. The number of esters is 1. The minimum absolute atomic E-state index is 0.363. The molecule has 1 atom stereocenters. The van der Waals surface area contributed by atoms with Gasteiger partial charge in [0.05, 0.1) is 5.56 Å². The molecule has 0 aliphatic rings. The molecule has 5 nitrogen and oxygen atoms in total. The van der Waals surface area contributed by atoms with Gasteiger partial charge < -0.3 is 14.6 Å². The number of anilines is 1. The molecule has 0 aliphatic heterocycles. The highest BCUT2D eigenvalue weighted by Gasteiger charge is 2.22. The van der Waals surface area contributed by atoms with Crippen LogP contribution in [0.25, 0.3) is 0 Å². The average molecular weight is 376 g/mol. The quantitative estimate of drug-likeness (QED) is 0.651. The molecule has 3 aromatic rings. The second-order valence-electron chi connectivity index (χ2n) is 6.76. The number of amides is 1. The van der Waals surface area contributed by atoms with Crippen molar-refractivity contribution < 1.29 is 14.3 Å². The molecule has 1 heterocycles. The van der Waals surface area contributed by atoms with Gasteiger partial charge in [0.2, 0.25) is 0 Å². The van der Waals surface area contributed by atoms with Crippen LogP contribution in [0.1, 0.15) is 34.2 Å². The molecule has 144 valence electrons. The zero-order valence-electron chi connectivity index (χ0n) is 16.3. The summed E-state index contributed by atoms with van der Waals surface area (Å²) in [7, 11) is 0. The van der Waals surface area contributed by atoms with Crippen molar-refractivity contribution in [3.8, 4) is 0 Å². The van der Waals surface area contributed by atoms with E-state index in [-0.39, 0.29) is 5.91 Å². The predicted molar refractivity (Wildman–Crippen MR) is 109 cm³/mol. The van der Waals surface area contributed by atoms with E-state index in [0.717, 1.165) is 17.0 Å². The van der Waals surface area contributed by atoms with Crippen LogP contribution in [0.5, 0.6) is 0 Å². The molecule has 0 saturated heterocycles. The summed E-state index contributed by atoms with van der Waals surface area (Å²) < 4.78 is 7.48. The molecule has 2 aromatic carbocycles. The Bertz CT molecular complexity index is 962. The first-order chi connectivity index (χ1) is 13.5. The zero-order chi connectivity index (χ0) is 20.1. The number of hydrogen-bond acceptors (Lipinski definition) is 3. The van der Waals surface area contributed by atoms with E-state index in [0.29, 0.717) is 17.8 Å². The van der Waals surface area contributed by atoms with Gasteiger partial charge in [0.25, 0.3) is 5.91 Å². The zero-order valence-corrected chi connectivity index (χ0v) is 16.3. The Morgan fingerprint density at radius 1 is 1.00 bits per heavy atom. The lowest BCUT2D eigenvalue weighted by molar-refractivity contribution is -0.123. The number of para-hydroxylation sites is 1. The first-order valence-corrected chi connectivity index (χ1v) is 9.23. The van der Waals surface area contributed by atoms with Gasteiger partial charge in [0.1, 0.15) is 0 Å². The Balaban J connectivity index is 1.68. The fourth-order valence-corrected chi connectivity index (χ4v) is 3.06. The Morgan fingerprint density at radius 3 is 2.25 bits per heavy atom. The number of nitrogens with one attached hydrogen (secondary N) is 1. The van der Waals surface area contributed by atoms with Crippen LogP contribution in [0.15, 0.2) is 66.7 Å². The van der Waals surface area contributed by atoms with Crippen molar-refractivity contribution in [1.82, 2.24) is 4.57 Å². The first-order valence-electron chi connectivity index (χ1n) is 9.23. The van der Waals surface area contributed by atoms with Gasteiger partial charge >= 0.3 is 5.97 Å². The fourth-order valence-electron chi connectivity index (χ4n) is 3.06. The van der Waals surface area contributed by atoms with Crippen LogP contribution in [0.2, 0.25) is 0 Å². The Kier molecular flexibility index (Phi) is 5.94. The van der Waals surface area contributed by atoms with E-state index in [9.17, 15) is 9.59 Å². The summed E-state index contributed by atoms with van der Waals surface area (Å²) in [6.45, 7) is 6.09. The largest absolute Gasteiger partial charge is 0.449 e. The van der Waals surface area contributed by atoms with Crippen molar-refractivity contribution >= 4 is 17.6 Å². The van der Waals surface area contributed by atoms with Crippen molar-refractivity contribution in [3.05, 3.63) is 89.2 Å². The molecule has 1 unspecified atom stereocenters. The number of hydrogen-bond donors (Lipinski definition) is 1. The SMILES string of the molecule is Cc1cc(C(=O)OC(C)C(=O)Nc2ccccc2)c(C)n1Cc1ccccc1. The maximum atomic E-state index is 12.6. The molecule has 1 amide bonds. The third kappa shape index (κ3) is 4.49. The lowest BCUT2D eigenvalue weighted by Crippen LogP contribution is -2.30. The minimum Gasteiger partial charge on any atom is -0.449 e. The number of ether oxygens (including phenoxy) is 1. The molecule has 0 bridgehead atoms. The number of benzene rings is 2. The minimum atomic E-state index is -0.898. The van der Waals surface area contributed by atoms with Gasteiger partial charge in [-0.05, 0) is 44.5 Å². The van der Waals surface area contributed by atoms with Crippen LogP contribution in [0, 0.1) is 13.8 Å². The molecule has 0 saturated carbocycles. The highest BCUT2D eigenvalue weighted by Crippen LogP contribution is 2.19. The highest BCUT2D eigenvalue weighted by atomic mass is 16.5. The second kappa shape index (κ2) is 8.57. The number of carbonyl (C=O) groups is 2. The van der Waals surface area contributed by atoms with E-state index in [1.807, 2.05) is 68.4 Å². The van der Waals surface area contributed by atoms with Gasteiger partial charge in [-0.2, -0.15) is 0 Å². The van der Waals surface area contributed by atoms with Gasteiger partial charge in [-0.1, -0.05) is 48.5 Å². The van der Waals surface area contributed by atoms with E-state index >= 15 is 0 Å². The molecular formula is C23H24N2O3. The molecule has 0 radical (unpaired) electrons. The molecule has 0 fully saturated rings. The van der Waals surface area contributed by atoms with E-state index < -0.39 is 12.1 Å². The summed E-state index contributed by atoms with van der Waals surface area (Å²) in [6, 6.07) is 20.9. The topological polar surface area (TPSA) is 60.3 Å². The number of aromatic nitrogens is 1. The summed E-state index contributed by atoms with van der Waals surface area (Å²) in [5, 5.41) is 2.74. The van der Waals surface area contributed by atoms with Crippen LogP contribution in [-0.2, 0) is 16.1 Å². The van der Waals surface area contributed by atoms with E-state index in [2.05, 4.69) is 9.88 Å². The normalized spacial score (nSPS) is 11.7. The Morgan fingerprint density at radius 2 is 1.61 bits per heavy atom. The van der Waals surface area contributed by atoms with Crippen molar-refractivity contribution in [2.24, 2.45) is 0 Å². The third-order valence-corrected chi connectivity index (χ3v) is 4.67. The monoisotopic (exact) mass is 376 g/mol. The fraction of sp³-hybridized carbons (Fsp3) is 0.217. The van der Waals surface area contributed by atoms with Crippen LogP contribution >= 0.6 is 0 Å².